The molecule has 0 aromatic rings. The summed E-state index contributed by atoms with van der Waals surface area (Å²) >= 11 is 0. The molecule has 1 radical (unpaired) electrons. The summed E-state index contributed by atoms with van der Waals surface area (Å²) in [5.74, 6) is 0. The van der Waals surface area contributed by atoms with Gasteiger partial charge in [-0.25, -0.2) is 4.79 Å². The van der Waals surface area contributed by atoms with Gasteiger partial charge in [-0.05, 0) is 13.8 Å². The molecule has 1 saturated heterocycles. The molecule has 1 aliphatic heterocycles. The van der Waals surface area contributed by atoms with Crippen molar-refractivity contribution in [3.8, 4) is 0 Å². The van der Waals surface area contributed by atoms with E-state index in [0.29, 0.717) is 6.54 Å². The number of rotatable bonds is 2. The molecule has 12 heavy (non-hydrogen) atoms. The van der Waals surface area contributed by atoms with Gasteiger partial charge in [0, 0.05) is 19.5 Å². The zero-order valence-electron chi connectivity index (χ0n) is 7.37. The highest BCUT2D eigenvalue weighted by atomic mass is 16.7. The van der Waals surface area contributed by atoms with Crippen LogP contribution in [0.15, 0.2) is 0 Å². The lowest BCUT2D eigenvalue weighted by Crippen LogP contribution is -2.23. The number of carbonyl (C=O) groups is 1. The van der Waals surface area contributed by atoms with Crippen molar-refractivity contribution in [1.82, 2.24) is 5.32 Å². The maximum absolute atomic E-state index is 10.9. The van der Waals surface area contributed by atoms with Crippen LogP contribution in [0.5, 0.6) is 0 Å². The van der Waals surface area contributed by atoms with Crippen LogP contribution in [0.4, 0.5) is 4.79 Å². The van der Waals surface area contributed by atoms with Crippen LogP contribution in [-0.2, 0) is 9.47 Å². The molecule has 4 heteroatoms. The molecule has 0 aromatic heterocycles. The Hall–Kier alpha value is -0.770. The minimum absolute atomic E-state index is 0.0590. The summed E-state index contributed by atoms with van der Waals surface area (Å²) in [4.78, 5) is 10.9. The summed E-state index contributed by atoms with van der Waals surface area (Å²) in [6.45, 7) is 6.15. The number of hydrogen-bond acceptors (Lipinski definition) is 4. The van der Waals surface area contributed by atoms with Crippen LogP contribution in [-0.4, -0.2) is 24.9 Å². The van der Waals surface area contributed by atoms with Crippen LogP contribution in [0.2, 0.25) is 0 Å². The molecule has 1 atom stereocenters. The second-order valence-corrected chi connectivity index (χ2v) is 3.00. The van der Waals surface area contributed by atoms with Gasteiger partial charge < -0.3 is 14.8 Å². The standard InChI is InChI=1S/C8H14NO3/c1-6(2)11-8(10)12-7-3-4-9-5-7/h4,6-7,9H,3,5H2,1-2H3. The van der Waals surface area contributed by atoms with Crippen LogP contribution in [0.25, 0.3) is 0 Å². The third kappa shape index (κ3) is 3.09. The van der Waals surface area contributed by atoms with E-state index in [9.17, 15) is 4.79 Å². The number of hydrogen-bond donors (Lipinski definition) is 1. The average molecular weight is 172 g/mol. The van der Waals surface area contributed by atoms with Crippen LogP contribution in [0, 0.1) is 6.54 Å². The van der Waals surface area contributed by atoms with E-state index >= 15 is 0 Å². The average Bonchev–Trinajstić information content (AvgIpc) is 2.37. The van der Waals surface area contributed by atoms with Crippen LogP contribution >= 0.6 is 0 Å². The second-order valence-electron chi connectivity index (χ2n) is 3.00. The number of nitrogens with one attached hydrogen (secondary N) is 1. The molecule has 4 nitrogen and oxygen atoms in total. The maximum atomic E-state index is 10.9. The van der Waals surface area contributed by atoms with E-state index in [1.165, 1.54) is 0 Å². The molecule has 0 saturated carbocycles. The molecular formula is C8H14NO3. The Morgan fingerprint density at radius 1 is 1.67 bits per heavy atom. The van der Waals surface area contributed by atoms with Gasteiger partial charge in [-0.2, -0.15) is 0 Å². The highest BCUT2D eigenvalue weighted by Gasteiger charge is 2.20. The molecule has 1 N–H and O–H groups in total. The van der Waals surface area contributed by atoms with Gasteiger partial charge in [-0.1, -0.05) is 0 Å². The largest absolute Gasteiger partial charge is 0.508 e. The fraction of sp³-hybridized carbons (Fsp3) is 0.750. The molecule has 1 rings (SSSR count). The Bertz CT molecular complexity index is 152. The van der Waals surface area contributed by atoms with Gasteiger partial charge in [0.2, 0.25) is 0 Å². The number of ether oxygens (including phenoxy) is 2. The first kappa shape index (κ1) is 9.32. The van der Waals surface area contributed by atoms with Crippen molar-refractivity contribution in [2.45, 2.75) is 32.5 Å². The predicted octanol–water partition coefficient (Wildman–Crippen LogP) is 1.07. The van der Waals surface area contributed by atoms with Crippen molar-refractivity contribution < 1.29 is 14.3 Å². The van der Waals surface area contributed by atoms with E-state index in [4.69, 9.17) is 9.47 Å². The summed E-state index contributed by atoms with van der Waals surface area (Å²) in [5, 5.41) is 2.97. The zero-order valence-corrected chi connectivity index (χ0v) is 7.37. The molecular weight excluding hydrogens is 158 g/mol. The molecule has 0 amide bonds. The molecule has 1 fully saturated rings. The van der Waals surface area contributed by atoms with E-state index in [2.05, 4.69) is 5.32 Å². The lowest BCUT2D eigenvalue weighted by atomic mass is 10.3. The molecule has 0 aliphatic carbocycles. The van der Waals surface area contributed by atoms with Crippen molar-refractivity contribution in [2.75, 3.05) is 6.54 Å². The SMILES string of the molecule is CC(C)OC(=O)OC1C[CH]NC1. The van der Waals surface area contributed by atoms with Gasteiger partial charge in [0.05, 0.1) is 6.10 Å². The van der Waals surface area contributed by atoms with Gasteiger partial charge >= 0.3 is 6.16 Å². The van der Waals surface area contributed by atoms with Crippen LogP contribution in [0.1, 0.15) is 20.3 Å². The summed E-state index contributed by atoms with van der Waals surface area (Å²) in [6.07, 6.45) is 0.00639. The molecule has 0 aromatic carbocycles. The fourth-order valence-electron chi connectivity index (χ4n) is 0.959. The molecule has 0 spiro atoms. The van der Waals surface area contributed by atoms with Gasteiger partial charge in [0.15, 0.2) is 0 Å². The normalized spacial score (nSPS) is 22.8. The van der Waals surface area contributed by atoms with E-state index in [-0.39, 0.29) is 12.2 Å². The highest BCUT2D eigenvalue weighted by Crippen LogP contribution is 2.07. The number of carbonyl (C=O) groups excluding carboxylic acids is 1. The monoisotopic (exact) mass is 172 g/mol. The first-order chi connectivity index (χ1) is 5.68. The van der Waals surface area contributed by atoms with Crippen molar-refractivity contribution in [3.05, 3.63) is 6.54 Å². The molecule has 69 valence electrons. The Kier molecular flexibility index (Phi) is 3.34. The Morgan fingerprint density at radius 2 is 2.42 bits per heavy atom. The fourth-order valence-corrected chi connectivity index (χ4v) is 0.959. The van der Waals surface area contributed by atoms with Gasteiger partial charge in [0.1, 0.15) is 6.10 Å². The molecule has 1 unspecified atom stereocenters. The van der Waals surface area contributed by atoms with Gasteiger partial charge in [-0.15, -0.1) is 0 Å². The van der Waals surface area contributed by atoms with Crippen molar-refractivity contribution in [3.63, 3.8) is 0 Å². The lowest BCUT2D eigenvalue weighted by Gasteiger charge is -2.12. The first-order valence-corrected chi connectivity index (χ1v) is 4.11. The van der Waals surface area contributed by atoms with Gasteiger partial charge in [-0.3, -0.25) is 0 Å². The zero-order chi connectivity index (χ0) is 8.97. The second kappa shape index (κ2) is 4.30. The lowest BCUT2D eigenvalue weighted by molar-refractivity contribution is 0.0128. The molecule has 0 bridgehead atoms. The third-order valence-corrected chi connectivity index (χ3v) is 1.47. The summed E-state index contributed by atoms with van der Waals surface area (Å²) in [5.41, 5.74) is 0. The highest BCUT2D eigenvalue weighted by molar-refractivity contribution is 5.60. The smallest absolute Gasteiger partial charge is 0.432 e. The topological polar surface area (TPSA) is 47.6 Å². The summed E-state index contributed by atoms with van der Waals surface area (Å²) < 4.78 is 9.78. The Labute approximate surface area is 72.2 Å². The first-order valence-electron chi connectivity index (χ1n) is 4.11. The van der Waals surface area contributed by atoms with E-state index in [0.717, 1.165) is 6.42 Å². The summed E-state index contributed by atoms with van der Waals surface area (Å²) in [6, 6.07) is 0. The quantitative estimate of drug-likeness (QED) is 0.633. The molecule has 1 aliphatic rings. The maximum Gasteiger partial charge on any atom is 0.508 e. The van der Waals surface area contributed by atoms with E-state index < -0.39 is 6.16 Å². The van der Waals surface area contributed by atoms with Crippen LogP contribution < -0.4 is 5.32 Å². The summed E-state index contributed by atoms with van der Waals surface area (Å²) in [7, 11) is 0. The van der Waals surface area contributed by atoms with E-state index in [1.54, 1.807) is 13.8 Å². The van der Waals surface area contributed by atoms with Gasteiger partial charge in [0.25, 0.3) is 0 Å². The molecule has 1 heterocycles. The Balaban J connectivity index is 2.16. The Morgan fingerprint density at radius 3 is 2.92 bits per heavy atom. The third-order valence-electron chi connectivity index (χ3n) is 1.47. The van der Waals surface area contributed by atoms with Crippen molar-refractivity contribution >= 4 is 6.16 Å². The van der Waals surface area contributed by atoms with Crippen LogP contribution in [0.3, 0.4) is 0 Å². The minimum atomic E-state index is -0.577. The predicted molar refractivity (Wildman–Crippen MR) is 43.4 cm³/mol. The minimum Gasteiger partial charge on any atom is -0.432 e. The van der Waals surface area contributed by atoms with Crippen molar-refractivity contribution in [1.29, 1.82) is 0 Å². The van der Waals surface area contributed by atoms with E-state index in [1.807, 2.05) is 6.54 Å². The van der Waals surface area contributed by atoms with Crippen molar-refractivity contribution in [2.24, 2.45) is 0 Å².